The van der Waals surface area contributed by atoms with Crippen LogP contribution in [0.15, 0.2) is 0 Å². The summed E-state index contributed by atoms with van der Waals surface area (Å²) in [5.41, 5.74) is 0. The highest BCUT2D eigenvalue weighted by atomic mass is 32.1. The van der Waals surface area contributed by atoms with Gasteiger partial charge in [-0.1, -0.05) is 12.6 Å². The van der Waals surface area contributed by atoms with Crippen LogP contribution in [0.5, 0.6) is 0 Å². The minimum Gasteiger partial charge on any atom is -0.336 e. The topological polar surface area (TPSA) is 23.6 Å². The molecule has 0 rings (SSSR count). The Morgan fingerprint density at radius 2 is 1.80 bits per heavy atom. The van der Waals surface area contributed by atoms with E-state index in [1.807, 2.05) is 19.0 Å². The van der Waals surface area contributed by atoms with Crippen LogP contribution in [0.1, 0.15) is 0 Å². The van der Waals surface area contributed by atoms with Gasteiger partial charge in [-0.05, 0) is 14.1 Å². The number of carbonyl (C=O) groups is 1. The molecule has 0 bridgehead atoms. The van der Waals surface area contributed by atoms with E-state index in [0.29, 0.717) is 0 Å². The monoisotopic (exact) mass is 162 g/mol. The Bertz CT molecular complexity index is 116. The van der Waals surface area contributed by atoms with Gasteiger partial charge in [0.25, 0.3) is 5.24 Å². The first-order valence-electron chi connectivity index (χ1n) is 3.13. The Kier molecular flexibility index (Phi) is 4.47. The van der Waals surface area contributed by atoms with E-state index >= 15 is 0 Å². The highest BCUT2D eigenvalue weighted by Gasteiger charge is 2.01. The number of rotatable bonds is 3. The third-order valence-electron chi connectivity index (χ3n) is 1.21. The fourth-order valence-corrected chi connectivity index (χ4v) is 0.546. The maximum Gasteiger partial charge on any atom is 0.278 e. The predicted molar refractivity (Wildman–Crippen MR) is 45.6 cm³/mol. The first-order valence-corrected chi connectivity index (χ1v) is 3.57. The molecule has 0 saturated carbocycles. The van der Waals surface area contributed by atoms with Crippen LogP contribution in [0, 0.1) is 0 Å². The lowest BCUT2D eigenvalue weighted by atomic mass is 10.5. The molecule has 0 radical (unpaired) electrons. The number of likely N-dealkylation sites (N-methyl/N-ethyl adjacent to an activating group) is 2. The van der Waals surface area contributed by atoms with Crippen LogP contribution >= 0.6 is 12.6 Å². The van der Waals surface area contributed by atoms with Gasteiger partial charge in [-0.2, -0.15) is 0 Å². The minimum absolute atomic E-state index is 0.179. The van der Waals surface area contributed by atoms with Crippen molar-refractivity contribution in [1.82, 2.24) is 9.80 Å². The molecule has 10 heavy (non-hydrogen) atoms. The van der Waals surface area contributed by atoms with Crippen LogP contribution < -0.4 is 0 Å². The van der Waals surface area contributed by atoms with Crippen molar-refractivity contribution in [2.24, 2.45) is 0 Å². The van der Waals surface area contributed by atoms with Crippen molar-refractivity contribution in [2.75, 3.05) is 34.2 Å². The van der Waals surface area contributed by atoms with Crippen LogP contribution in [0.4, 0.5) is 4.79 Å². The minimum atomic E-state index is -0.179. The zero-order valence-corrected chi connectivity index (χ0v) is 7.56. The lowest BCUT2D eigenvalue weighted by molar-refractivity contribution is 0.228. The molecule has 0 spiro atoms. The maximum atomic E-state index is 10.5. The van der Waals surface area contributed by atoms with E-state index in [-0.39, 0.29) is 5.24 Å². The number of carbonyl (C=O) groups excluding carboxylic acids is 1. The quantitative estimate of drug-likeness (QED) is 0.612. The summed E-state index contributed by atoms with van der Waals surface area (Å²) >= 11 is 3.66. The van der Waals surface area contributed by atoms with E-state index in [4.69, 9.17) is 0 Å². The maximum absolute atomic E-state index is 10.5. The summed E-state index contributed by atoms with van der Waals surface area (Å²) in [5, 5.41) is -0.179. The molecule has 0 aromatic carbocycles. The van der Waals surface area contributed by atoms with Gasteiger partial charge in [0.05, 0.1) is 0 Å². The average molecular weight is 162 g/mol. The number of nitrogens with zero attached hydrogens (tertiary/aromatic N) is 2. The number of hydrogen-bond acceptors (Lipinski definition) is 2. The van der Waals surface area contributed by atoms with Gasteiger partial charge in [0.2, 0.25) is 0 Å². The Morgan fingerprint density at radius 1 is 1.30 bits per heavy atom. The third kappa shape index (κ3) is 4.64. The number of amides is 1. The SMILES string of the molecule is CN(C)CCN(C)C(=O)S. The smallest absolute Gasteiger partial charge is 0.278 e. The summed E-state index contributed by atoms with van der Waals surface area (Å²) in [6.45, 7) is 1.61. The average Bonchev–Trinajstić information content (AvgIpc) is 1.82. The molecule has 60 valence electrons. The number of thiol groups is 1. The van der Waals surface area contributed by atoms with E-state index in [1.165, 1.54) is 0 Å². The van der Waals surface area contributed by atoms with Crippen molar-refractivity contribution >= 4 is 17.9 Å². The molecule has 1 amide bonds. The van der Waals surface area contributed by atoms with Gasteiger partial charge < -0.3 is 9.80 Å². The summed E-state index contributed by atoms with van der Waals surface area (Å²) in [5.74, 6) is 0. The van der Waals surface area contributed by atoms with Gasteiger partial charge in [-0.3, -0.25) is 4.79 Å². The van der Waals surface area contributed by atoms with Crippen molar-refractivity contribution < 1.29 is 4.79 Å². The van der Waals surface area contributed by atoms with Crippen molar-refractivity contribution in [3.8, 4) is 0 Å². The highest BCUT2D eigenvalue weighted by Crippen LogP contribution is 1.90. The first kappa shape index (κ1) is 9.78. The second kappa shape index (κ2) is 4.57. The Labute approximate surface area is 67.4 Å². The lowest BCUT2D eigenvalue weighted by Crippen LogP contribution is -2.30. The summed E-state index contributed by atoms with van der Waals surface area (Å²) < 4.78 is 0. The second-order valence-corrected chi connectivity index (χ2v) is 2.89. The van der Waals surface area contributed by atoms with Gasteiger partial charge in [0, 0.05) is 20.1 Å². The molecule has 0 heterocycles. The van der Waals surface area contributed by atoms with E-state index < -0.39 is 0 Å². The second-order valence-electron chi connectivity index (χ2n) is 2.51. The van der Waals surface area contributed by atoms with Crippen LogP contribution in [0.25, 0.3) is 0 Å². The van der Waals surface area contributed by atoms with Crippen LogP contribution in [-0.2, 0) is 0 Å². The molecule has 0 aromatic rings. The summed E-state index contributed by atoms with van der Waals surface area (Å²) in [6, 6.07) is 0. The van der Waals surface area contributed by atoms with Crippen molar-refractivity contribution in [3.05, 3.63) is 0 Å². The molecule has 0 atom stereocenters. The Morgan fingerprint density at radius 3 is 2.10 bits per heavy atom. The molecular formula is C6H14N2OS. The van der Waals surface area contributed by atoms with Crippen molar-refractivity contribution in [1.29, 1.82) is 0 Å². The van der Waals surface area contributed by atoms with Crippen LogP contribution in [0.3, 0.4) is 0 Å². The molecule has 0 aromatic heterocycles. The van der Waals surface area contributed by atoms with Gasteiger partial charge in [0.1, 0.15) is 0 Å². The van der Waals surface area contributed by atoms with Crippen LogP contribution in [-0.4, -0.2) is 49.3 Å². The number of hydrogen-bond donors (Lipinski definition) is 1. The van der Waals surface area contributed by atoms with Crippen LogP contribution in [0.2, 0.25) is 0 Å². The molecule has 0 saturated heterocycles. The standard InChI is InChI=1S/C6H14N2OS/c1-7(2)4-5-8(3)6(9)10/h4-5H2,1-3H3,(H,9,10). The largest absolute Gasteiger partial charge is 0.336 e. The normalized spacial score (nSPS) is 10.1. The molecule has 4 heteroatoms. The predicted octanol–water partition coefficient (Wildman–Crippen LogP) is 0.530. The fourth-order valence-electron chi connectivity index (χ4n) is 0.446. The van der Waals surface area contributed by atoms with Gasteiger partial charge >= 0.3 is 0 Å². The summed E-state index contributed by atoms with van der Waals surface area (Å²) in [6.07, 6.45) is 0. The van der Waals surface area contributed by atoms with Gasteiger partial charge in [-0.15, -0.1) is 0 Å². The van der Waals surface area contributed by atoms with Crippen molar-refractivity contribution in [2.45, 2.75) is 0 Å². The van der Waals surface area contributed by atoms with Gasteiger partial charge in [-0.25, -0.2) is 0 Å². The Balaban J connectivity index is 3.40. The molecule has 0 aliphatic rings. The molecule has 0 fully saturated rings. The van der Waals surface area contributed by atoms with Crippen molar-refractivity contribution in [3.63, 3.8) is 0 Å². The zero-order chi connectivity index (χ0) is 8.15. The lowest BCUT2D eigenvalue weighted by Gasteiger charge is -2.16. The first-order chi connectivity index (χ1) is 4.54. The van der Waals surface area contributed by atoms with Gasteiger partial charge in [0.15, 0.2) is 0 Å². The molecule has 0 unspecified atom stereocenters. The van der Waals surface area contributed by atoms with E-state index in [1.54, 1.807) is 11.9 Å². The summed E-state index contributed by atoms with van der Waals surface area (Å²) in [4.78, 5) is 14.1. The third-order valence-corrected chi connectivity index (χ3v) is 1.55. The zero-order valence-electron chi connectivity index (χ0n) is 6.66. The fraction of sp³-hybridized carbons (Fsp3) is 0.833. The van der Waals surface area contributed by atoms with E-state index in [2.05, 4.69) is 12.6 Å². The Hall–Kier alpha value is -0.220. The molecule has 0 aliphatic heterocycles. The molecule has 3 nitrogen and oxygen atoms in total. The molecular weight excluding hydrogens is 148 g/mol. The van der Waals surface area contributed by atoms with E-state index in [9.17, 15) is 4.79 Å². The highest BCUT2D eigenvalue weighted by molar-refractivity contribution is 7.96. The molecule has 0 N–H and O–H groups in total. The summed E-state index contributed by atoms with van der Waals surface area (Å²) in [7, 11) is 5.67. The molecule has 0 aliphatic carbocycles. The van der Waals surface area contributed by atoms with E-state index in [0.717, 1.165) is 13.1 Å².